The highest BCUT2D eigenvalue weighted by atomic mass is 16.5. The van der Waals surface area contributed by atoms with E-state index in [1.165, 1.54) is 0 Å². The average molecular weight is 402 g/mol. The van der Waals surface area contributed by atoms with E-state index in [1.54, 1.807) is 15.6 Å². The number of nitrogens with zero attached hydrogens (tertiary/aromatic N) is 5. The molecule has 0 spiro atoms. The van der Waals surface area contributed by atoms with Crippen molar-refractivity contribution in [3.63, 3.8) is 0 Å². The van der Waals surface area contributed by atoms with Crippen molar-refractivity contribution in [2.45, 2.75) is 20.5 Å². The van der Waals surface area contributed by atoms with Crippen LogP contribution in [0.4, 0.5) is 10.5 Å². The standard InChI is InChI=1S/C22H22N6O2/c1-15-9-10-18(24-22(29)30-14-17-7-5-4-6-8-17)11-21(15)28-13-20(25-26-28)19-12-23-27(3)16(19)2/h4-13H,14H2,1-3H3,(H,24,29). The molecule has 152 valence electrons. The van der Waals surface area contributed by atoms with Gasteiger partial charge in [0.05, 0.1) is 18.1 Å². The number of nitrogens with one attached hydrogen (secondary N) is 1. The third-order valence-electron chi connectivity index (χ3n) is 4.92. The summed E-state index contributed by atoms with van der Waals surface area (Å²) in [7, 11) is 1.89. The highest BCUT2D eigenvalue weighted by molar-refractivity contribution is 5.85. The fraction of sp³-hybridized carbons (Fsp3) is 0.182. The average Bonchev–Trinajstić information content (AvgIpc) is 3.36. The first-order chi connectivity index (χ1) is 14.5. The summed E-state index contributed by atoms with van der Waals surface area (Å²) < 4.78 is 8.78. The summed E-state index contributed by atoms with van der Waals surface area (Å²) in [5.74, 6) is 0. The Hall–Kier alpha value is -3.94. The minimum absolute atomic E-state index is 0.211. The maximum absolute atomic E-state index is 12.2. The van der Waals surface area contributed by atoms with Gasteiger partial charge >= 0.3 is 6.09 Å². The molecule has 0 saturated carbocycles. The molecule has 0 aliphatic carbocycles. The van der Waals surface area contributed by atoms with Crippen molar-refractivity contribution in [2.75, 3.05) is 5.32 Å². The van der Waals surface area contributed by atoms with Crippen LogP contribution >= 0.6 is 0 Å². The van der Waals surface area contributed by atoms with E-state index < -0.39 is 6.09 Å². The molecule has 0 atom stereocenters. The van der Waals surface area contributed by atoms with Gasteiger partial charge in [-0.05, 0) is 37.1 Å². The molecular weight excluding hydrogens is 380 g/mol. The molecule has 1 N–H and O–H groups in total. The van der Waals surface area contributed by atoms with Gasteiger partial charge in [-0.25, -0.2) is 9.48 Å². The van der Waals surface area contributed by atoms with Gasteiger partial charge in [-0.3, -0.25) is 10.00 Å². The van der Waals surface area contributed by atoms with Gasteiger partial charge in [0.25, 0.3) is 0 Å². The molecule has 0 fully saturated rings. The molecule has 0 bridgehead atoms. The zero-order chi connectivity index (χ0) is 21.1. The van der Waals surface area contributed by atoms with Crippen LogP contribution in [0.1, 0.15) is 16.8 Å². The van der Waals surface area contributed by atoms with E-state index in [-0.39, 0.29) is 6.61 Å². The second-order valence-corrected chi connectivity index (χ2v) is 7.00. The Morgan fingerprint density at radius 2 is 1.93 bits per heavy atom. The predicted molar refractivity (Wildman–Crippen MR) is 113 cm³/mol. The molecule has 8 nitrogen and oxygen atoms in total. The van der Waals surface area contributed by atoms with Gasteiger partial charge < -0.3 is 4.74 Å². The van der Waals surface area contributed by atoms with Gasteiger partial charge in [0, 0.05) is 24.0 Å². The summed E-state index contributed by atoms with van der Waals surface area (Å²) in [5, 5.41) is 15.6. The van der Waals surface area contributed by atoms with Crippen molar-refractivity contribution in [3.8, 4) is 16.9 Å². The maximum atomic E-state index is 12.2. The largest absolute Gasteiger partial charge is 0.444 e. The van der Waals surface area contributed by atoms with Gasteiger partial charge in [0.1, 0.15) is 12.3 Å². The van der Waals surface area contributed by atoms with E-state index in [1.807, 2.05) is 75.6 Å². The van der Waals surface area contributed by atoms with Crippen molar-refractivity contribution < 1.29 is 9.53 Å². The lowest BCUT2D eigenvalue weighted by Crippen LogP contribution is -2.14. The quantitative estimate of drug-likeness (QED) is 0.545. The van der Waals surface area contributed by atoms with Gasteiger partial charge in [0.15, 0.2) is 0 Å². The van der Waals surface area contributed by atoms with E-state index in [0.29, 0.717) is 5.69 Å². The molecule has 0 saturated heterocycles. The van der Waals surface area contributed by atoms with Crippen LogP contribution in [-0.2, 0) is 18.4 Å². The van der Waals surface area contributed by atoms with Crippen molar-refractivity contribution in [2.24, 2.45) is 7.05 Å². The van der Waals surface area contributed by atoms with Crippen molar-refractivity contribution in [3.05, 3.63) is 77.7 Å². The maximum Gasteiger partial charge on any atom is 0.411 e. The van der Waals surface area contributed by atoms with Crippen molar-refractivity contribution >= 4 is 11.8 Å². The lowest BCUT2D eigenvalue weighted by Gasteiger charge is -2.10. The van der Waals surface area contributed by atoms with E-state index in [0.717, 1.165) is 33.8 Å². The monoisotopic (exact) mass is 402 g/mol. The summed E-state index contributed by atoms with van der Waals surface area (Å²) in [6, 6.07) is 15.1. The van der Waals surface area contributed by atoms with Gasteiger partial charge in [-0.2, -0.15) is 5.10 Å². The van der Waals surface area contributed by atoms with Crippen LogP contribution < -0.4 is 5.32 Å². The first-order valence-electron chi connectivity index (χ1n) is 9.51. The molecule has 4 aromatic rings. The first-order valence-corrected chi connectivity index (χ1v) is 9.51. The Morgan fingerprint density at radius 1 is 1.13 bits per heavy atom. The Bertz CT molecular complexity index is 1180. The van der Waals surface area contributed by atoms with Crippen molar-refractivity contribution in [1.82, 2.24) is 24.8 Å². The second-order valence-electron chi connectivity index (χ2n) is 7.00. The van der Waals surface area contributed by atoms with Crippen LogP contribution in [0.2, 0.25) is 0 Å². The number of benzene rings is 2. The molecule has 2 aromatic carbocycles. The van der Waals surface area contributed by atoms with Crippen LogP contribution in [0.5, 0.6) is 0 Å². The molecule has 0 aliphatic rings. The second kappa shape index (κ2) is 8.20. The molecule has 8 heteroatoms. The van der Waals surface area contributed by atoms with Crippen LogP contribution in [0, 0.1) is 13.8 Å². The first kappa shape index (κ1) is 19.4. The number of hydrogen-bond acceptors (Lipinski definition) is 5. The van der Waals surface area contributed by atoms with E-state index in [2.05, 4.69) is 20.7 Å². The van der Waals surface area contributed by atoms with Crippen molar-refractivity contribution in [1.29, 1.82) is 0 Å². The summed E-state index contributed by atoms with van der Waals surface area (Å²) in [5.41, 5.74) is 6.03. The summed E-state index contributed by atoms with van der Waals surface area (Å²) in [4.78, 5) is 12.2. The number of ether oxygens (including phenoxy) is 1. The zero-order valence-corrected chi connectivity index (χ0v) is 17.0. The van der Waals surface area contributed by atoms with Gasteiger partial charge in [-0.1, -0.05) is 41.6 Å². The number of amides is 1. The molecule has 1 amide bonds. The number of anilines is 1. The van der Waals surface area contributed by atoms with Gasteiger partial charge in [0.2, 0.25) is 0 Å². The summed E-state index contributed by atoms with van der Waals surface area (Å²) in [6.07, 6.45) is 3.11. The SMILES string of the molecule is Cc1ccc(NC(=O)OCc2ccccc2)cc1-n1cc(-c2cnn(C)c2C)nn1. The number of carbonyl (C=O) groups excluding carboxylic acids is 1. The Labute approximate surface area is 174 Å². The summed E-state index contributed by atoms with van der Waals surface area (Å²) in [6.45, 7) is 4.17. The minimum Gasteiger partial charge on any atom is -0.444 e. The fourth-order valence-corrected chi connectivity index (χ4v) is 3.07. The lowest BCUT2D eigenvalue weighted by atomic mass is 10.1. The van der Waals surface area contributed by atoms with Crippen LogP contribution in [-0.4, -0.2) is 30.9 Å². The van der Waals surface area contributed by atoms with E-state index in [9.17, 15) is 4.79 Å². The Kier molecular flexibility index (Phi) is 5.30. The molecule has 2 heterocycles. The fourth-order valence-electron chi connectivity index (χ4n) is 3.07. The number of carbonyl (C=O) groups is 1. The van der Waals surface area contributed by atoms with Gasteiger partial charge in [-0.15, -0.1) is 5.10 Å². The number of aryl methyl sites for hydroxylation is 2. The highest BCUT2D eigenvalue weighted by Gasteiger charge is 2.13. The zero-order valence-electron chi connectivity index (χ0n) is 17.0. The number of aromatic nitrogens is 5. The van der Waals surface area contributed by atoms with E-state index in [4.69, 9.17) is 4.74 Å². The molecule has 30 heavy (non-hydrogen) atoms. The normalized spacial score (nSPS) is 10.8. The minimum atomic E-state index is -0.515. The predicted octanol–water partition coefficient (Wildman–Crippen LogP) is 4.03. The number of hydrogen-bond donors (Lipinski definition) is 1. The number of rotatable bonds is 5. The summed E-state index contributed by atoms with van der Waals surface area (Å²) >= 11 is 0. The third kappa shape index (κ3) is 4.07. The molecule has 0 radical (unpaired) electrons. The smallest absolute Gasteiger partial charge is 0.411 e. The van der Waals surface area contributed by atoms with E-state index >= 15 is 0 Å². The lowest BCUT2D eigenvalue weighted by molar-refractivity contribution is 0.155. The van der Waals surface area contributed by atoms with Crippen LogP contribution in [0.3, 0.4) is 0 Å². The highest BCUT2D eigenvalue weighted by Crippen LogP contribution is 2.23. The Balaban J connectivity index is 1.50. The van der Waals surface area contributed by atoms with Crippen LogP contribution in [0.25, 0.3) is 16.9 Å². The molecule has 2 aromatic heterocycles. The molecule has 0 aliphatic heterocycles. The Morgan fingerprint density at radius 3 is 2.67 bits per heavy atom. The topological polar surface area (TPSA) is 86.9 Å². The molecule has 4 rings (SSSR count). The third-order valence-corrected chi connectivity index (χ3v) is 4.92. The molecule has 0 unspecified atom stereocenters. The molecular formula is C22H22N6O2. The van der Waals surface area contributed by atoms with Crippen LogP contribution in [0.15, 0.2) is 60.9 Å².